The van der Waals surface area contributed by atoms with E-state index in [9.17, 15) is 8.42 Å². The quantitative estimate of drug-likeness (QED) is 0.855. The number of rotatable bonds is 2. The summed E-state index contributed by atoms with van der Waals surface area (Å²) < 4.78 is 29.2. The van der Waals surface area contributed by atoms with Gasteiger partial charge in [-0.2, -0.15) is 0 Å². The summed E-state index contributed by atoms with van der Waals surface area (Å²) in [5, 5.41) is -0.480. The largest absolute Gasteiger partial charge is 0.465 e. The summed E-state index contributed by atoms with van der Waals surface area (Å²) >= 11 is 0. The van der Waals surface area contributed by atoms with Gasteiger partial charge in [0, 0.05) is 0 Å². The molecular weight excluding hydrogens is 226 g/mol. The molecule has 0 aromatic carbocycles. The molecule has 0 spiro atoms. The highest BCUT2D eigenvalue weighted by molar-refractivity contribution is 7.92. The van der Waals surface area contributed by atoms with Crippen molar-refractivity contribution in [3.8, 4) is 0 Å². The summed E-state index contributed by atoms with van der Waals surface area (Å²) in [5.41, 5.74) is 5.99. The van der Waals surface area contributed by atoms with E-state index in [0.717, 1.165) is 18.6 Å². The maximum atomic E-state index is 11.9. The van der Waals surface area contributed by atoms with Crippen LogP contribution in [0.25, 0.3) is 0 Å². The zero-order valence-corrected chi connectivity index (χ0v) is 10.2. The summed E-state index contributed by atoms with van der Waals surface area (Å²) in [6.45, 7) is 1.82. The molecule has 0 aliphatic carbocycles. The van der Waals surface area contributed by atoms with E-state index in [1.54, 1.807) is 6.07 Å². The van der Waals surface area contributed by atoms with Gasteiger partial charge >= 0.3 is 0 Å². The molecule has 0 saturated carbocycles. The van der Waals surface area contributed by atoms with Gasteiger partial charge in [0.15, 0.2) is 9.84 Å². The number of hydrogen-bond donors (Lipinski definition) is 1. The lowest BCUT2D eigenvalue weighted by atomic mass is 10.1. The Morgan fingerprint density at radius 2 is 2.19 bits per heavy atom. The van der Waals surface area contributed by atoms with Crippen molar-refractivity contribution < 1.29 is 12.8 Å². The van der Waals surface area contributed by atoms with Crippen LogP contribution in [0.5, 0.6) is 0 Å². The van der Waals surface area contributed by atoms with Gasteiger partial charge in [0.2, 0.25) is 0 Å². The van der Waals surface area contributed by atoms with Crippen molar-refractivity contribution in [3.05, 3.63) is 23.7 Å². The lowest BCUT2D eigenvalue weighted by molar-refractivity contribution is 0.416. The fourth-order valence-electron chi connectivity index (χ4n) is 2.20. The van der Waals surface area contributed by atoms with E-state index >= 15 is 0 Å². The second kappa shape index (κ2) is 4.22. The molecule has 1 fully saturated rings. The molecule has 1 saturated heterocycles. The Bertz CT molecular complexity index is 463. The first kappa shape index (κ1) is 11.7. The molecule has 5 heteroatoms. The fraction of sp³-hybridized carbons (Fsp3) is 0.636. The molecule has 90 valence electrons. The van der Waals surface area contributed by atoms with Crippen LogP contribution in [0.15, 0.2) is 16.5 Å². The molecular formula is C11H17NO3S. The highest BCUT2D eigenvalue weighted by Gasteiger charge is 2.35. The van der Waals surface area contributed by atoms with Crippen LogP contribution >= 0.6 is 0 Å². The predicted octanol–water partition coefficient (Wildman–Crippen LogP) is 1.56. The summed E-state index contributed by atoms with van der Waals surface area (Å²) in [6.07, 6.45) is 2.32. The Morgan fingerprint density at radius 3 is 2.75 bits per heavy atom. The molecule has 1 aliphatic heterocycles. The van der Waals surface area contributed by atoms with E-state index in [1.165, 1.54) is 0 Å². The van der Waals surface area contributed by atoms with Crippen LogP contribution in [-0.4, -0.2) is 19.4 Å². The standard InChI is InChI=1S/C11H17NO3S/c1-8-5-6-9(15-8)11(12)10-4-2-3-7-16(10,13)14/h5-6,10-11H,2-4,7,12H2,1H3. The number of hydrogen-bond acceptors (Lipinski definition) is 4. The van der Waals surface area contributed by atoms with Gasteiger partial charge in [-0.15, -0.1) is 0 Å². The number of aryl methyl sites for hydroxylation is 1. The Hall–Kier alpha value is -0.810. The normalized spacial score (nSPS) is 26.5. The predicted molar refractivity (Wildman–Crippen MR) is 61.8 cm³/mol. The van der Waals surface area contributed by atoms with Gasteiger partial charge in [-0.1, -0.05) is 6.42 Å². The zero-order chi connectivity index (χ0) is 11.8. The van der Waals surface area contributed by atoms with Crippen molar-refractivity contribution >= 4 is 9.84 Å². The first-order valence-corrected chi connectivity index (χ1v) is 7.26. The van der Waals surface area contributed by atoms with E-state index in [-0.39, 0.29) is 5.75 Å². The van der Waals surface area contributed by atoms with Crippen LogP contribution in [0.3, 0.4) is 0 Å². The Balaban J connectivity index is 2.24. The molecule has 2 rings (SSSR count). The summed E-state index contributed by atoms with van der Waals surface area (Å²) in [5.74, 6) is 1.59. The monoisotopic (exact) mass is 243 g/mol. The molecule has 4 nitrogen and oxygen atoms in total. The van der Waals surface area contributed by atoms with Gasteiger partial charge in [0.05, 0.1) is 17.0 Å². The van der Waals surface area contributed by atoms with Gasteiger partial charge in [0.25, 0.3) is 0 Å². The molecule has 2 atom stereocenters. The second-order valence-electron chi connectivity index (χ2n) is 4.38. The van der Waals surface area contributed by atoms with Crippen LogP contribution < -0.4 is 5.73 Å². The minimum absolute atomic E-state index is 0.255. The van der Waals surface area contributed by atoms with Crippen LogP contribution in [0.2, 0.25) is 0 Å². The first-order valence-electron chi connectivity index (χ1n) is 5.54. The molecule has 16 heavy (non-hydrogen) atoms. The minimum atomic E-state index is -3.05. The number of nitrogens with two attached hydrogens (primary N) is 1. The molecule has 1 aliphatic rings. The third-order valence-corrected chi connectivity index (χ3v) is 5.43. The topological polar surface area (TPSA) is 73.3 Å². The van der Waals surface area contributed by atoms with Gasteiger partial charge in [-0.05, 0) is 31.9 Å². The second-order valence-corrected chi connectivity index (χ2v) is 6.71. The van der Waals surface area contributed by atoms with Gasteiger partial charge < -0.3 is 10.2 Å². The summed E-state index contributed by atoms with van der Waals surface area (Å²) in [4.78, 5) is 0. The fourth-order valence-corrected chi connectivity index (χ4v) is 4.21. The third-order valence-electron chi connectivity index (χ3n) is 3.12. The zero-order valence-electron chi connectivity index (χ0n) is 9.35. The molecule has 0 bridgehead atoms. The van der Waals surface area contributed by atoms with Crippen molar-refractivity contribution in [1.82, 2.24) is 0 Å². The molecule has 0 amide bonds. The average Bonchev–Trinajstić information content (AvgIpc) is 2.63. The van der Waals surface area contributed by atoms with E-state index in [4.69, 9.17) is 10.2 Å². The van der Waals surface area contributed by atoms with E-state index in [0.29, 0.717) is 12.2 Å². The third kappa shape index (κ3) is 2.15. The van der Waals surface area contributed by atoms with Crippen LogP contribution in [-0.2, 0) is 9.84 Å². The Morgan fingerprint density at radius 1 is 1.44 bits per heavy atom. The molecule has 2 unspecified atom stereocenters. The number of sulfone groups is 1. The minimum Gasteiger partial charge on any atom is -0.465 e. The highest BCUT2D eigenvalue weighted by Crippen LogP contribution is 2.29. The van der Waals surface area contributed by atoms with Crippen molar-refractivity contribution in [3.63, 3.8) is 0 Å². The maximum Gasteiger partial charge on any atom is 0.155 e. The highest BCUT2D eigenvalue weighted by atomic mass is 32.2. The van der Waals surface area contributed by atoms with Crippen LogP contribution in [0.4, 0.5) is 0 Å². The van der Waals surface area contributed by atoms with E-state index < -0.39 is 21.1 Å². The van der Waals surface area contributed by atoms with E-state index in [1.807, 2.05) is 13.0 Å². The molecule has 0 radical (unpaired) electrons. The van der Waals surface area contributed by atoms with Crippen molar-refractivity contribution in [2.75, 3.05) is 5.75 Å². The SMILES string of the molecule is Cc1ccc(C(N)C2CCCCS2(=O)=O)o1. The molecule has 1 aromatic heterocycles. The molecule has 2 heterocycles. The van der Waals surface area contributed by atoms with Gasteiger partial charge in [0.1, 0.15) is 11.5 Å². The smallest absolute Gasteiger partial charge is 0.155 e. The van der Waals surface area contributed by atoms with Crippen LogP contribution in [0.1, 0.15) is 36.8 Å². The average molecular weight is 243 g/mol. The van der Waals surface area contributed by atoms with Gasteiger partial charge in [-0.3, -0.25) is 0 Å². The Kier molecular flexibility index (Phi) is 3.08. The van der Waals surface area contributed by atoms with Crippen LogP contribution in [0, 0.1) is 6.92 Å². The lowest BCUT2D eigenvalue weighted by Gasteiger charge is -2.26. The molecule has 2 N–H and O–H groups in total. The molecule has 1 aromatic rings. The maximum absolute atomic E-state index is 11.9. The van der Waals surface area contributed by atoms with E-state index in [2.05, 4.69) is 0 Å². The Labute approximate surface area is 95.7 Å². The number of furan rings is 1. The lowest BCUT2D eigenvalue weighted by Crippen LogP contribution is -2.37. The summed E-state index contributed by atoms with van der Waals surface area (Å²) in [7, 11) is -3.05. The van der Waals surface area contributed by atoms with Crippen molar-refractivity contribution in [2.45, 2.75) is 37.5 Å². The summed E-state index contributed by atoms with van der Waals surface area (Å²) in [6, 6.07) is 3.05. The van der Waals surface area contributed by atoms with Crippen molar-refractivity contribution in [1.29, 1.82) is 0 Å². The van der Waals surface area contributed by atoms with Crippen molar-refractivity contribution in [2.24, 2.45) is 5.73 Å². The first-order chi connectivity index (χ1) is 7.50. The van der Waals surface area contributed by atoms with Gasteiger partial charge in [-0.25, -0.2) is 8.42 Å².